The smallest absolute Gasteiger partial charge is 0.176 e. The van der Waals surface area contributed by atoms with Crippen LogP contribution in [0, 0.1) is 6.92 Å². The Hall–Kier alpha value is -2.58. The molecule has 0 aliphatic heterocycles. The van der Waals surface area contributed by atoms with Gasteiger partial charge in [-0.3, -0.25) is 9.36 Å². The van der Waals surface area contributed by atoms with E-state index in [2.05, 4.69) is 39.9 Å². The van der Waals surface area contributed by atoms with E-state index in [-0.39, 0.29) is 0 Å². The number of hydrogen-bond acceptors (Lipinski definition) is 3. The number of nitrogens with one attached hydrogen (secondary N) is 2. The average Bonchev–Trinajstić information content (AvgIpc) is 3.32. The van der Waals surface area contributed by atoms with Gasteiger partial charge in [0.25, 0.3) is 0 Å². The van der Waals surface area contributed by atoms with Crippen molar-refractivity contribution in [3.63, 3.8) is 0 Å². The summed E-state index contributed by atoms with van der Waals surface area (Å²) in [5.41, 5.74) is 4.07. The summed E-state index contributed by atoms with van der Waals surface area (Å²) in [5.74, 6) is 0.446. The molecular weight excluding hydrogens is 487 g/mol. The third-order valence-electron chi connectivity index (χ3n) is 4.78. The van der Waals surface area contributed by atoms with Gasteiger partial charge >= 0.3 is 0 Å². The number of aromatic nitrogens is 4. The van der Waals surface area contributed by atoms with E-state index in [1.807, 2.05) is 29.1 Å². The lowest BCUT2D eigenvalue weighted by Gasteiger charge is -2.08. The Kier molecular flexibility index (Phi) is 7.01. The summed E-state index contributed by atoms with van der Waals surface area (Å²) in [6, 6.07) is 13.6. The van der Waals surface area contributed by atoms with Gasteiger partial charge in [0.1, 0.15) is 5.02 Å². The van der Waals surface area contributed by atoms with Crippen molar-refractivity contribution in [2.45, 2.75) is 20.0 Å². The number of benzene rings is 2. The topological polar surface area (TPSA) is 59.7 Å². The van der Waals surface area contributed by atoms with Crippen LogP contribution in [0.5, 0.6) is 0 Å². The van der Waals surface area contributed by atoms with Gasteiger partial charge in [0.05, 0.1) is 25.0 Å². The molecule has 0 fully saturated rings. The number of anilines is 2. The van der Waals surface area contributed by atoms with Gasteiger partial charge in [-0.15, -0.1) is 0 Å². The van der Waals surface area contributed by atoms with Crippen LogP contribution in [0.2, 0.25) is 15.1 Å². The summed E-state index contributed by atoms with van der Waals surface area (Å²) in [6.45, 7) is 3.21. The first-order chi connectivity index (χ1) is 15.4. The van der Waals surface area contributed by atoms with Gasteiger partial charge in [-0.25, -0.2) is 0 Å². The van der Waals surface area contributed by atoms with Crippen molar-refractivity contribution >= 4 is 63.6 Å². The largest absolute Gasteiger partial charge is 0.330 e. The molecular formula is C22H19Cl3N6S. The zero-order valence-corrected chi connectivity index (χ0v) is 20.1. The number of halogens is 3. The first kappa shape index (κ1) is 22.6. The lowest BCUT2D eigenvalue weighted by molar-refractivity contribution is 0.684. The minimum absolute atomic E-state index is 0.358. The van der Waals surface area contributed by atoms with E-state index in [0.717, 1.165) is 11.3 Å². The number of aryl methyl sites for hydroxylation is 1. The molecule has 0 amide bonds. The van der Waals surface area contributed by atoms with Crippen LogP contribution >= 0.6 is 47.0 Å². The first-order valence-electron chi connectivity index (χ1n) is 9.69. The van der Waals surface area contributed by atoms with E-state index in [9.17, 15) is 0 Å². The maximum atomic E-state index is 6.33. The monoisotopic (exact) mass is 504 g/mol. The SMILES string of the molecule is Cc1ccccc1Cn1cc(NC(=S)Nc2nn(Cc3ccc(Cl)cc3Cl)cc2Cl)cn1. The highest BCUT2D eigenvalue weighted by molar-refractivity contribution is 7.80. The van der Waals surface area contributed by atoms with Crippen LogP contribution in [-0.2, 0) is 13.1 Å². The molecule has 0 spiro atoms. The average molecular weight is 506 g/mol. The summed E-state index contributed by atoms with van der Waals surface area (Å²) in [5, 5.41) is 16.9. The Bertz CT molecular complexity index is 1270. The fourth-order valence-electron chi connectivity index (χ4n) is 3.13. The normalized spacial score (nSPS) is 10.9. The third-order valence-corrected chi connectivity index (χ3v) is 5.85. The van der Waals surface area contributed by atoms with E-state index >= 15 is 0 Å². The highest BCUT2D eigenvalue weighted by atomic mass is 35.5. The van der Waals surface area contributed by atoms with Gasteiger partial charge < -0.3 is 10.6 Å². The summed E-state index contributed by atoms with van der Waals surface area (Å²) >= 11 is 23.9. The van der Waals surface area contributed by atoms with Gasteiger partial charge in [-0.2, -0.15) is 10.2 Å². The van der Waals surface area contributed by atoms with Gasteiger partial charge in [0.15, 0.2) is 10.9 Å². The summed E-state index contributed by atoms with van der Waals surface area (Å²) < 4.78 is 3.54. The zero-order chi connectivity index (χ0) is 22.7. The molecule has 2 aromatic carbocycles. The number of thiocarbonyl (C=S) groups is 1. The molecule has 4 rings (SSSR count). The first-order valence-corrected chi connectivity index (χ1v) is 11.2. The summed E-state index contributed by atoms with van der Waals surface area (Å²) in [7, 11) is 0. The minimum atomic E-state index is 0.358. The number of nitrogens with zero attached hydrogens (tertiary/aromatic N) is 4. The molecule has 6 nitrogen and oxygen atoms in total. The second kappa shape index (κ2) is 9.92. The molecule has 0 atom stereocenters. The standard InChI is InChI=1S/C22H19Cl3N6S/c1-14-4-2-3-5-15(14)10-30-12-18(9-26-30)27-22(32)28-21-20(25)13-31(29-21)11-16-6-7-17(23)8-19(16)24/h2-9,12-13H,10-11H2,1H3,(H2,27,28,29,32). The molecule has 164 valence electrons. The highest BCUT2D eigenvalue weighted by Crippen LogP contribution is 2.24. The quantitative estimate of drug-likeness (QED) is 0.303. The Labute approximate surface area is 206 Å². The van der Waals surface area contributed by atoms with Gasteiger partial charge in [-0.05, 0) is 48.0 Å². The predicted octanol–water partition coefficient (Wildman–Crippen LogP) is 6.25. The molecule has 0 saturated heterocycles. The van der Waals surface area contributed by atoms with Crippen molar-refractivity contribution in [2.75, 3.05) is 10.6 Å². The molecule has 2 aromatic heterocycles. The van der Waals surface area contributed by atoms with Crippen molar-refractivity contribution in [2.24, 2.45) is 0 Å². The van der Waals surface area contributed by atoms with Crippen molar-refractivity contribution in [3.8, 4) is 0 Å². The van der Waals surface area contributed by atoms with Crippen LogP contribution in [0.4, 0.5) is 11.5 Å². The lowest BCUT2D eigenvalue weighted by atomic mass is 10.1. The Morgan fingerprint density at radius 1 is 0.938 bits per heavy atom. The Morgan fingerprint density at radius 2 is 1.72 bits per heavy atom. The summed E-state index contributed by atoms with van der Waals surface area (Å²) in [4.78, 5) is 0. The van der Waals surface area contributed by atoms with Crippen molar-refractivity contribution in [3.05, 3.63) is 92.8 Å². The molecule has 2 heterocycles. The van der Waals surface area contributed by atoms with Crippen LogP contribution < -0.4 is 10.6 Å². The second-order valence-corrected chi connectivity index (χ2v) is 8.85. The highest BCUT2D eigenvalue weighted by Gasteiger charge is 2.11. The molecule has 10 heteroatoms. The molecule has 0 bridgehead atoms. The Balaban J connectivity index is 1.37. The van der Waals surface area contributed by atoms with Crippen molar-refractivity contribution in [1.29, 1.82) is 0 Å². The molecule has 4 aromatic rings. The fourth-order valence-corrected chi connectivity index (χ4v) is 4.01. The number of hydrogen-bond donors (Lipinski definition) is 2. The van der Waals surface area contributed by atoms with E-state index in [1.165, 1.54) is 11.1 Å². The van der Waals surface area contributed by atoms with Gasteiger partial charge in [0, 0.05) is 22.4 Å². The predicted molar refractivity (Wildman–Crippen MR) is 135 cm³/mol. The summed E-state index contributed by atoms with van der Waals surface area (Å²) in [6.07, 6.45) is 5.32. The maximum Gasteiger partial charge on any atom is 0.176 e. The van der Waals surface area contributed by atoms with Crippen LogP contribution in [-0.4, -0.2) is 24.7 Å². The minimum Gasteiger partial charge on any atom is -0.330 e. The van der Waals surface area contributed by atoms with E-state index in [1.54, 1.807) is 29.2 Å². The molecule has 0 radical (unpaired) electrons. The number of rotatable bonds is 6. The molecule has 0 aliphatic carbocycles. The zero-order valence-electron chi connectivity index (χ0n) is 17.0. The van der Waals surface area contributed by atoms with Crippen LogP contribution in [0.1, 0.15) is 16.7 Å². The third kappa shape index (κ3) is 5.61. The second-order valence-electron chi connectivity index (χ2n) is 7.19. The molecule has 0 saturated carbocycles. The van der Waals surface area contributed by atoms with Gasteiger partial charge in [0.2, 0.25) is 0 Å². The maximum absolute atomic E-state index is 6.33. The van der Waals surface area contributed by atoms with Gasteiger partial charge in [-0.1, -0.05) is 65.1 Å². The van der Waals surface area contributed by atoms with E-state index < -0.39 is 0 Å². The van der Waals surface area contributed by atoms with Crippen LogP contribution in [0.3, 0.4) is 0 Å². The van der Waals surface area contributed by atoms with Crippen LogP contribution in [0.25, 0.3) is 0 Å². The van der Waals surface area contributed by atoms with Crippen LogP contribution in [0.15, 0.2) is 61.1 Å². The fraction of sp³-hybridized carbons (Fsp3) is 0.136. The van der Waals surface area contributed by atoms with Crippen molar-refractivity contribution < 1.29 is 0 Å². The lowest BCUT2D eigenvalue weighted by Crippen LogP contribution is -2.19. The molecule has 0 unspecified atom stereocenters. The van der Waals surface area contributed by atoms with Crippen molar-refractivity contribution in [1.82, 2.24) is 19.6 Å². The molecule has 2 N–H and O–H groups in total. The molecule has 0 aliphatic rings. The van der Waals surface area contributed by atoms with E-state index in [4.69, 9.17) is 47.0 Å². The Morgan fingerprint density at radius 3 is 2.50 bits per heavy atom. The molecule has 32 heavy (non-hydrogen) atoms. The van der Waals surface area contributed by atoms with E-state index in [0.29, 0.717) is 39.1 Å².